The van der Waals surface area contributed by atoms with Gasteiger partial charge in [-0.05, 0) is 29.9 Å². The lowest BCUT2D eigenvalue weighted by Gasteiger charge is -2.04. The molecule has 0 bridgehead atoms. The van der Waals surface area contributed by atoms with Crippen molar-refractivity contribution in [3.8, 4) is 0 Å². The van der Waals surface area contributed by atoms with E-state index in [2.05, 4.69) is 57.2 Å². The van der Waals surface area contributed by atoms with Crippen LogP contribution in [0.1, 0.15) is 76.3 Å². The summed E-state index contributed by atoms with van der Waals surface area (Å²) in [5, 5.41) is 0. The van der Waals surface area contributed by atoms with Gasteiger partial charge >= 0.3 is 0 Å². The molecule has 0 spiro atoms. The van der Waals surface area contributed by atoms with E-state index in [0.29, 0.717) is 5.92 Å². The summed E-state index contributed by atoms with van der Waals surface area (Å²) >= 11 is 0. The van der Waals surface area contributed by atoms with Crippen LogP contribution in [0.3, 0.4) is 0 Å². The van der Waals surface area contributed by atoms with Gasteiger partial charge in [0.05, 0.1) is 0 Å². The van der Waals surface area contributed by atoms with Crippen LogP contribution in [0.15, 0.2) is 30.3 Å². The summed E-state index contributed by atoms with van der Waals surface area (Å²) in [6.45, 7) is 6.74. The molecule has 1 rings (SSSR count). The van der Waals surface area contributed by atoms with Gasteiger partial charge < -0.3 is 0 Å². The summed E-state index contributed by atoms with van der Waals surface area (Å²) in [5.74, 6) is 0.626. The maximum absolute atomic E-state index is 2.32. The Morgan fingerprint density at radius 2 is 1.61 bits per heavy atom. The molecule has 0 radical (unpaired) electrons. The zero-order valence-corrected chi connectivity index (χ0v) is 12.3. The predicted molar refractivity (Wildman–Crippen MR) is 82.9 cm³/mol. The molecule has 0 amide bonds. The van der Waals surface area contributed by atoms with E-state index < -0.39 is 0 Å². The molecule has 0 aromatic heterocycles. The highest BCUT2D eigenvalue weighted by Crippen LogP contribution is 2.15. The third-order valence-corrected chi connectivity index (χ3v) is 3.39. The third kappa shape index (κ3) is 6.05. The second-order valence-corrected chi connectivity index (χ2v) is 5.43. The summed E-state index contributed by atoms with van der Waals surface area (Å²) in [6.07, 6.45) is 12.6. The van der Waals surface area contributed by atoms with Gasteiger partial charge in [0, 0.05) is 0 Å². The number of rotatable bonds is 8. The Balaban J connectivity index is 2.25. The van der Waals surface area contributed by atoms with Crippen molar-refractivity contribution < 1.29 is 0 Å². The minimum absolute atomic E-state index is 0.626. The zero-order chi connectivity index (χ0) is 13.2. The third-order valence-electron chi connectivity index (χ3n) is 3.39. The lowest BCUT2D eigenvalue weighted by molar-refractivity contribution is 0.638. The largest absolute Gasteiger partial charge is 0.0839 e. The molecule has 0 aliphatic heterocycles. The molecular weight excluding hydrogens is 216 g/mol. The van der Waals surface area contributed by atoms with Crippen LogP contribution in [0, 0.1) is 0 Å². The first-order valence-corrected chi connectivity index (χ1v) is 7.50. The SMILES string of the molecule is CCCCCCC/C=C/c1ccc(C(C)C)cc1. The molecule has 1 aromatic carbocycles. The van der Waals surface area contributed by atoms with Crippen LogP contribution in [-0.2, 0) is 0 Å². The van der Waals surface area contributed by atoms with Gasteiger partial charge in [0.2, 0.25) is 0 Å². The number of hydrogen-bond donors (Lipinski definition) is 0. The van der Waals surface area contributed by atoms with Gasteiger partial charge in [0.1, 0.15) is 0 Å². The zero-order valence-electron chi connectivity index (χ0n) is 12.3. The van der Waals surface area contributed by atoms with Crippen molar-refractivity contribution in [3.05, 3.63) is 41.5 Å². The minimum atomic E-state index is 0.626. The molecule has 0 aliphatic carbocycles. The Morgan fingerprint density at radius 3 is 2.22 bits per heavy atom. The highest BCUT2D eigenvalue weighted by Gasteiger charge is 1.96. The number of allylic oxidation sites excluding steroid dienone is 1. The lowest BCUT2D eigenvalue weighted by atomic mass is 10.0. The van der Waals surface area contributed by atoms with Crippen molar-refractivity contribution in [1.29, 1.82) is 0 Å². The molecule has 0 atom stereocenters. The summed E-state index contributed by atoms with van der Waals surface area (Å²) in [6, 6.07) is 8.93. The van der Waals surface area contributed by atoms with E-state index in [1.54, 1.807) is 0 Å². The molecule has 0 N–H and O–H groups in total. The molecule has 0 saturated carbocycles. The summed E-state index contributed by atoms with van der Waals surface area (Å²) in [4.78, 5) is 0. The summed E-state index contributed by atoms with van der Waals surface area (Å²) in [5.41, 5.74) is 2.75. The highest BCUT2D eigenvalue weighted by molar-refractivity contribution is 5.49. The fraction of sp³-hybridized carbons (Fsp3) is 0.556. The average molecular weight is 244 g/mol. The van der Waals surface area contributed by atoms with Gasteiger partial charge in [-0.15, -0.1) is 0 Å². The normalized spacial score (nSPS) is 11.6. The second-order valence-electron chi connectivity index (χ2n) is 5.43. The maximum atomic E-state index is 2.32. The van der Waals surface area contributed by atoms with Gasteiger partial charge in [-0.1, -0.05) is 82.9 Å². The molecule has 18 heavy (non-hydrogen) atoms. The Bertz CT molecular complexity index is 330. The molecule has 1 aromatic rings. The average Bonchev–Trinajstić information content (AvgIpc) is 2.38. The van der Waals surface area contributed by atoms with Crippen molar-refractivity contribution in [3.63, 3.8) is 0 Å². The fourth-order valence-corrected chi connectivity index (χ4v) is 2.08. The van der Waals surface area contributed by atoms with Gasteiger partial charge in [0.25, 0.3) is 0 Å². The van der Waals surface area contributed by atoms with Gasteiger partial charge in [0.15, 0.2) is 0 Å². The monoisotopic (exact) mass is 244 g/mol. The van der Waals surface area contributed by atoms with Crippen molar-refractivity contribution >= 4 is 6.08 Å². The van der Waals surface area contributed by atoms with E-state index in [0.717, 1.165) is 0 Å². The Hall–Kier alpha value is -1.04. The van der Waals surface area contributed by atoms with Crippen LogP contribution in [0.25, 0.3) is 6.08 Å². The van der Waals surface area contributed by atoms with E-state index >= 15 is 0 Å². The molecule has 0 heterocycles. The van der Waals surface area contributed by atoms with Gasteiger partial charge in [-0.25, -0.2) is 0 Å². The van der Waals surface area contributed by atoms with Crippen LogP contribution < -0.4 is 0 Å². The van der Waals surface area contributed by atoms with Gasteiger partial charge in [-0.3, -0.25) is 0 Å². The molecule has 0 fully saturated rings. The van der Waals surface area contributed by atoms with Crippen molar-refractivity contribution in [1.82, 2.24) is 0 Å². The summed E-state index contributed by atoms with van der Waals surface area (Å²) in [7, 11) is 0. The van der Waals surface area contributed by atoms with E-state index in [1.807, 2.05) is 0 Å². The van der Waals surface area contributed by atoms with E-state index in [4.69, 9.17) is 0 Å². The van der Waals surface area contributed by atoms with Crippen LogP contribution >= 0.6 is 0 Å². The maximum Gasteiger partial charge on any atom is -0.0219 e. The van der Waals surface area contributed by atoms with Crippen molar-refractivity contribution in [2.45, 2.75) is 65.2 Å². The first-order chi connectivity index (χ1) is 8.74. The quantitative estimate of drug-likeness (QED) is 0.479. The van der Waals surface area contributed by atoms with Gasteiger partial charge in [-0.2, -0.15) is 0 Å². The molecule has 0 saturated heterocycles. The predicted octanol–water partition coefficient (Wildman–Crippen LogP) is 6.18. The molecule has 0 nitrogen and oxygen atoms in total. The minimum Gasteiger partial charge on any atom is -0.0839 e. The highest BCUT2D eigenvalue weighted by atomic mass is 14.0. The molecule has 0 unspecified atom stereocenters. The van der Waals surface area contributed by atoms with E-state index in [-0.39, 0.29) is 0 Å². The number of hydrogen-bond acceptors (Lipinski definition) is 0. The molecular formula is C18H28. The van der Waals surface area contributed by atoms with Crippen LogP contribution in [0.2, 0.25) is 0 Å². The smallest absolute Gasteiger partial charge is 0.0219 e. The first-order valence-electron chi connectivity index (χ1n) is 7.50. The van der Waals surface area contributed by atoms with Crippen LogP contribution in [0.4, 0.5) is 0 Å². The fourth-order valence-electron chi connectivity index (χ4n) is 2.08. The lowest BCUT2D eigenvalue weighted by Crippen LogP contribution is -1.85. The first kappa shape index (κ1) is 15.0. The summed E-state index contributed by atoms with van der Waals surface area (Å²) < 4.78 is 0. The van der Waals surface area contributed by atoms with E-state index in [1.165, 1.54) is 49.7 Å². The molecule has 100 valence electrons. The van der Waals surface area contributed by atoms with Crippen molar-refractivity contribution in [2.24, 2.45) is 0 Å². The topological polar surface area (TPSA) is 0 Å². The second kappa shape index (κ2) is 8.97. The number of benzene rings is 1. The van der Waals surface area contributed by atoms with Crippen LogP contribution in [0.5, 0.6) is 0 Å². The molecule has 0 heteroatoms. The van der Waals surface area contributed by atoms with Crippen LogP contribution in [-0.4, -0.2) is 0 Å². The molecule has 0 aliphatic rings. The standard InChI is InChI=1S/C18H28/c1-4-5-6-7-8-9-10-11-17-12-14-18(15-13-17)16(2)3/h10-16H,4-9H2,1-3H3/b11-10+. The Kier molecular flexibility index (Phi) is 7.48. The Morgan fingerprint density at radius 1 is 0.944 bits per heavy atom. The Labute approximate surface area is 113 Å². The van der Waals surface area contributed by atoms with E-state index in [9.17, 15) is 0 Å². The number of unbranched alkanes of at least 4 members (excludes halogenated alkanes) is 5. The van der Waals surface area contributed by atoms with Crippen molar-refractivity contribution in [2.75, 3.05) is 0 Å².